The molecule has 1 aromatic rings. The van der Waals surface area contributed by atoms with Crippen LogP contribution in [0.1, 0.15) is 29.6 Å². The van der Waals surface area contributed by atoms with Gasteiger partial charge in [0, 0.05) is 30.3 Å². The molecule has 2 amide bonds. The number of nitrogens with one attached hydrogen (secondary N) is 3. The molecular formula is C17H21N3O2. The first-order valence-electron chi connectivity index (χ1n) is 7.80. The Balaban J connectivity index is 1.51. The second-order valence-electron chi connectivity index (χ2n) is 5.84. The molecule has 1 aliphatic carbocycles. The van der Waals surface area contributed by atoms with Gasteiger partial charge in [-0.1, -0.05) is 11.6 Å². The van der Waals surface area contributed by atoms with Crippen LogP contribution in [0.5, 0.6) is 0 Å². The first kappa shape index (κ1) is 14.8. The molecule has 116 valence electrons. The van der Waals surface area contributed by atoms with Crippen LogP contribution in [-0.2, 0) is 4.79 Å². The van der Waals surface area contributed by atoms with Gasteiger partial charge in [-0.25, -0.2) is 0 Å². The Labute approximate surface area is 130 Å². The Hall–Kier alpha value is -2.14. The van der Waals surface area contributed by atoms with Gasteiger partial charge >= 0.3 is 0 Å². The van der Waals surface area contributed by atoms with Crippen molar-refractivity contribution in [2.75, 3.05) is 25.0 Å². The molecule has 1 fully saturated rings. The summed E-state index contributed by atoms with van der Waals surface area (Å²) in [5.74, 6) is 0.177. The maximum Gasteiger partial charge on any atom is 0.251 e. The van der Waals surface area contributed by atoms with Crippen molar-refractivity contribution in [3.8, 4) is 0 Å². The van der Waals surface area contributed by atoms with Crippen LogP contribution in [0, 0.1) is 5.92 Å². The molecule has 0 aromatic heterocycles. The summed E-state index contributed by atoms with van der Waals surface area (Å²) in [5, 5.41) is 9.05. The highest BCUT2D eigenvalue weighted by molar-refractivity contribution is 5.96. The number of carbonyl (C=O) groups excluding carboxylic acids is 2. The predicted octanol–water partition coefficient (Wildman–Crippen LogP) is 1.68. The molecule has 3 rings (SSSR count). The zero-order chi connectivity index (χ0) is 15.4. The third-order valence-electron chi connectivity index (χ3n) is 4.00. The normalized spacial score (nSPS) is 17.5. The van der Waals surface area contributed by atoms with E-state index >= 15 is 0 Å². The number of hydrogen-bond donors (Lipinski definition) is 3. The molecule has 0 atom stereocenters. The van der Waals surface area contributed by atoms with Crippen molar-refractivity contribution in [1.82, 2.24) is 10.6 Å². The largest absolute Gasteiger partial charge is 0.348 e. The average Bonchev–Trinajstić information content (AvgIpc) is 3.39. The van der Waals surface area contributed by atoms with Gasteiger partial charge in [0.1, 0.15) is 0 Å². The molecule has 0 bridgehead atoms. The summed E-state index contributed by atoms with van der Waals surface area (Å²) in [7, 11) is 0. The maximum atomic E-state index is 12.1. The Morgan fingerprint density at radius 3 is 2.59 bits per heavy atom. The summed E-state index contributed by atoms with van der Waals surface area (Å²) in [6.45, 7) is 2.44. The molecule has 1 aromatic carbocycles. The van der Waals surface area contributed by atoms with Crippen LogP contribution < -0.4 is 16.0 Å². The van der Waals surface area contributed by atoms with Crippen molar-refractivity contribution in [3.63, 3.8) is 0 Å². The van der Waals surface area contributed by atoms with Gasteiger partial charge in [0.15, 0.2) is 0 Å². The van der Waals surface area contributed by atoms with Crippen LogP contribution in [0.3, 0.4) is 0 Å². The molecule has 0 unspecified atom stereocenters. The van der Waals surface area contributed by atoms with E-state index in [4.69, 9.17) is 0 Å². The van der Waals surface area contributed by atoms with Crippen molar-refractivity contribution in [3.05, 3.63) is 41.5 Å². The van der Waals surface area contributed by atoms with Crippen LogP contribution in [0.25, 0.3) is 0 Å². The Bertz CT molecular complexity index is 588. The van der Waals surface area contributed by atoms with Crippen molar-refractivity contribution in [2.24, 2.45) is 5.92 Å². The van der Waals surface area contributed by atoms with E-state index in [9.17, 15) is 9.59 Å². The monoisotopic (exact) mass is 299 g/mol. The summed E-state index contributed by atoms with van der Waals surface area (Å²) >= 11 is 0. The van der Waals surface area contributed by atoms with E-state index in [1.54, 1.807) is 24.3 Å². The van der Waals surface area contributed by atoms with Crippen LogP contribution in [-0.4, -0.2) is 31.4 Å². The minimum absolute atomic E-state index is 0.0787. The van der Waals surface area contributed by atoms with Crippen LogP contribution in [0.15, 0.2) is 35.9 Å². The summed E-state index contributed by atoms with van der Waals surface area (Å²) in [6, 6.07) is 7.04. The van der Waals surface area contributed by atoms with E-state index in [-0.39, 0.29) is 17.7 Å². The van der Waals surface area contributed by atoms with E-state index in [0.29, 0.717) is 12.1 Å². The highest BCUT2D eigenvalue weighted by atomic mass is 16.2. The lowest BCUT2D eigenvalue weighted by Gasteiger charge is -2.14. The highest BCUT2D eigenvalue weighted by Gasteiger charge is 2.29. The van der Waals surface area contributed by atoms with Gasteiger partial charge in [-0.2, -0.15) is 0 Å². The van der Waals surface area contributed by atoms with Crippen LogP contribution in [0.2, 0.25) is 0 Å². The zero-order valence-electron chi connectivity index (χ0n) is 12.5. The molecule has 1 heterocycles. The topological polar surface area (TPSA) is 70.2 Å². The average molecular weight is 299 g/mol. The number of benzene rings is 1. The fourth-order valence-corrected chi connectivity index (χ4v) is 2.42. The first-order chi connectivity index (χ1) is 10.7. The molecule has 5 heteroatoms. The number of hydrogen-bond acceptors (Lipinski definition) is 3. The molecule has 1 aliphatic heterocycles. The second-order valence-corrected chi connectivity index (χ2v) is 5.84. The van der Waals surface area contributed by atoms with Crippen molar-refractivity contribution in [2.45, 2.75) is 19.3 Å². The lowest BCUT2D eigenvalue weighted by molar-refractivity contribution is -0.117. The fourth-order valence-electron chi connectivity index (χ4n) is 2.42. The standard InChI is InChI=1S/C17H21N3O2/c21-16(19-11-12-7-9-18-10-8-12)13-3-5-15(6-4-13)20-17(22)14-1-2-14/h3-7,14,18H,1-2,8-11H2,(H,19,21)(H,20,22). The van der Waals surface area contributed by atoms with Crippen LogP contribution >= 0.6 is 0 Å². The Morgan fingerprint density at radius 1 is 1.18 bits per heavy atom. The molecule has 5 nitrogen and oxygen atoms in total. The lowest BCUT2D eigenvalue weighted by atomic mass is 10.1. The minimum Gasteiger partial charge on any atom is -0.348 e. The van der Waals surface area contributed by atoms with Crippen molar-refractivity contribution in [1.29, 1.82) is 0 Å². The molecule has 1 saturated carbocycles. The number of amides is 2. The highest BCUT2D eigenvalue weighted by Crippen LogP contribution is 2.30. The second kappa shape index (κ2) is 6.75. The fraction of sp³-hybridized carbons (Fsp3) is 0.412. The first-order valence-corrected chi connectivity index (χ1v) is 7.80. The van der Waals surface area contributed by atoms with Gasteiger partial charge in [0.2, 0.25) is 5.91 Å². The molecule has 0 radical (unpaired) electrons. The van der Waals surface area contributed by atoms with Crippen LogP contribution in [0.4, 0.5) is 5.69 Å². The third kappa shape index (κ3) is 3.95. The summed E-state index contributed by atoms with van der Waals surface area (Å²) < 4.78 is 0. The van der Waals surface area contributed by atoms with Crippen molar-refractivity contribution >= 4 is 17.5 Å². The van der Waals surface area contributed by atoms with Gasteiger partial charge < -0.3 is 16.0 Å². The zero-order valence-corrected chi connectivity index (χ0v) is 12.5. The number of anilines is 1. The van der Waals surface area contributed by atoms with E-state index < -0.39 is 0 Å². The van der Waals surface area contributed by atoms with E-state index in [1.165, 1.54) is 5.57 Å². The van der Waals surface area contributed by atoms with Gasteiger partial charge in [0.05, 0.1) is 0 Å². The quantitative estimate of drug-likeness (QED) is 0.725. The van der Waals surface area contributed by atoms with Gasteiger partial charge in [-0.15, -0.1) is 0 Å². The van der Waals surface area contributed by atoms with Gasteiger partial charge in [-0.3, -0.25) is 9.59 Å². The smallest absolute Gasteiger partial charge is 0.251 e. The molecule has 0 saturated heterocycles. The molecule has 3 N–H and O–H groups in total. The number of rotatable bonds is 5. The number of carbonyl (C=O) groups is 2. The molecule has 22 heavy (non-hydrogen) atoms. The van der Waals surface area contributed by atoms with E-state index in [0.717, 1.165) is 38.0 Å². The Kier molecular flexibility index (Phi) is 4.53. The Morgan fingerprint density at radius 2 is 1.95 bits per heavy atom. The summed E-state index contributed by atoms with van der Waals surface area (Å²) in [4.78, 5) is 23.8. The SMILES string of the molecule is O=C(NCC1=CCNCC1)c1ccc(NC(=O)C2CC2)cc1. The van der Waals surface area contributed by atoms with Crippen molar-refractivity contribution < 1.29 is 9.59 Å². The third-order valence-corrected chi connectivity index (χ3v) is 4.00. The maximum absolute atomic E-state index is 12.1. The lowest BCUT2D eigenvalue weighted by Crippen LogP contribution is -2.29. The summed E-state index contributed by atoms with van der Waals surface area (Å²) in [5.41, 5.74) is 2.62. The van der Waals surface area contributed by atoms with Gasteiger partial charge in [-0.05, 0) is 50.1 Å². The predicted molar refractivity (Wildman–Crippen MR) is 85.7 cm³/mol. The van der Waals surface area contributed by atoms with E-state index in [2.05, 4.69) is 22.0 Å². The minimum atomic E-state index is -0.0838. The summed E-state index contributed by atoms with van der Waals surface area (Å²) in [6.07, 6.45) is 5.07. The molecule has 2 aliphatic rings. The van der Waals surface area contributed by atoms with Gasteiger partial charge in [0.25, 0.3) is 5.91 Å². The molecule has 0 spiro atoms. The molecular weight excluding hydrogens is 278 g/mol. The van der Waals surface area contributed by atoms with E-state index in [1.807, 2.05) is 0 Å².